The molecule has 0 radical (unpaired) electrons. The summed E-state index contributed by atoms with van der Waals surface area (Å²) in [5, 5.41) is 2.63. The third-order valence-corrected chi connectivity index (χ3v) is 2.39. The summed E-state index contributed by atoms with van der Waals surface area (Å²) in [6, 6.07) is 0. The number of amides is 1. The fraction of sp³-hybridized carbons (Fsp3) is 0.250. The van der Waals surface area contributed by atoms with Gasteiger partial charge in [-0.1, -0.05) is 13.8 Å². The van der Waals surface area contributed by atoms with E-state index in [2.05, 4.69) is 25.3 Å². The predicted octanol–water partition coefficient (Wildman–Crippen LogP) is 1.22. The van der Waals surface area contributed by atoms with Crippen LogP contribution in [0.5, 0.6) is 0 Å². The van der Waals surface area contributed by atoms with Gasteiger partial charge in [0.1, 0.15) is 12.2 Å². The highest BCUT2D eigenvalue weighted by Crippen LogP contribution is 2.15. The zero-order valence-corrected chi connectivity index (χ0v) is 10.7. The number of aromatic nitrogens is 4. The molecule has 98 valence electrons. The van der Waals surface area contributed by atoms with Crippen LogP contribution in [0.3, 0.4) is 0 Å². The summed E-state index contributed by atoms with van der Waals surface area (Å²) in [6.45, 7) is 3.89. The van der Waals surface area contributed by atoms with E-state index in [-0.39, 0.29) is 17.3 Å². The summed E-state index contributed by atoms with van der Waals surface area (Å²) in [7, 11) is 0. The zero-order valence-electron chi connectivity index (χ0n) is 10.7. The van der Waals surface area contributed by atoms with Gasteiger partial charge >= 0.3 is 0 Å². The lowest BCUT2D eigenvalue weighted by Gasteiger charge is -2.09. The molecule has 0 spiro atoms. The van der Waals surface area contributed by atoms with E-state index in [1.54, 1.807) is 0 Å². The van der Waals surface area contributed by atoms with E-state index in [1.165, 1.54) is 24.9 Å². The second-order valence-electron chi connectivity index (χ2n) is 4.27. The van der Waals surface area contributed by atoms with Crippen LogP contribution in [-0.4, -0.2) is 25.8 Å². The molecule has 0 aliphatic rings. The van der Waals surface area contributed by atoms with Crippen molar-refractivity contribution in [1.29, 1.82) is 0 Å². The number of nitrogens with two attached hydrogens (primary N) is 1. The van der Waals surface area contributed by atoms with Gasteiger partial charge in [-0.15, -0.1) is 0 Å². The topological polar surface area (TPSA) is 107 Å². The van der Waals surface area contributed by atoms with Crippen molar-refractivity contribution in [3.8, 4) is 0 Å². The highest BCUT2D eigenvalue weighted by atomic mass is 16.1. The third kappa shape index (κ3) is 3.01. The Bertz CT molecular complexity index is 584. The summed E-state index contributed by atoms with van der Waals surface area (Å²) in [4.78, 5) is 28.0. The smallest absolute Gasteiger partial charge is 0.276 e. The van der Waals surface area contributed by atoms with Crippen molar-refractivity contribution in [2.24, 2.45) is 0 Å². The quantitative estimate of drug-likeness (QED) is 0.857. The first-order valence-electron chi connectivity index (χ1n) is 5.76. The molecule has 19 heavy (non-hydrogen) atoms. The first kappa shape index (κ1) is 12.9. The maximum Gasteiger partial charge on any atom is 0.276 e. The molecule has 0 unspecified atom stereocenters. The number of nitrogen functional groups attached to an aromatic ring is 1. The Labute approximate surface area is 110 Å². The molecule has 1 amide bonds. The Morgan fingerprint density at radius 1 is 1.26 bits per heavy atom. The molecule has 2 rings (SSSR count). The molecule has 7 heteroatoms. The molecule has 0 atom stereocenters. The number of hydrogen-bond acceptors (Lipinski definition) is 6. The molecule has 0 saturated heterocycles. The Balaban J connectivity index is 2.26. The normalized spacial score (nSPS) is 10.5. The average Bonchev–Trinajstić information content (AvgIpc) is 2.40. The number of rotatable bonds is 3. The van der Waals surface area contributed by atoms with Gasteiger partial charge in [-0.05, 0) is 0 Å². The molecular formula is C12H14N6O. The minimum atomic E-state index is -0.406. The van der Waals surface area contributed by atoms with Gasteiger partial charge in [-0.25, -0.2) is 19.9 Å². The van der Waals surface area contributed by atoms with Crippen LogP contribution in [0.25, 0.3) is 0 Å². The Hall–Kier alpha value is -2.57. The van der Waals surface area contributed by atoms with Gasteiger partial charge < -0.3 is 11.1 Å². The van der Waals surface area contributed by atoms with Gasteiger partial charge in [0.25, 0.3) is 5.91 Å². The molecule has 0 bridgehead atoms. The minimum absolute atomic E-state index is 0.118. The van der Waals surface area contributed by atoms with E-state index in [9.17, 15) is 4.79 Å². The summed E-state index contributed by atoms with van der Waals surface area (Å²) < 4.78 is 0. The van der Waals surface area contributed by atoms with Gasteiger partial charge in [-0.2, -0.15) is 0 Å². The van der Waals surface area contributed by atoms with Gasteiger partial charge in [0.05, 0.1) is 30.0 Å². The molecular weight excluding hydrogens is 244 g/mol. The van der Waals surface area contributed by atoms with Crippen molar-refractivity contribution in [1.82, 2.24) is 19.9 Å². The van der Waals surface area contributed by atoms with Crippen LogP contribution in [0.2, 0.25) is 0 Å². The molecule has 2 aromatic heterocycles. The van der Waals surface area contributed by atoms with Crippen molar-refractivity contribution in [2.75, 3.05) is 11.1 Å². The SMILES string of the molecule is CC(C)c1ncc(N)c(C(=O)Nc2cncnc2)n1. The Morgan fingerprint density at radius 2 is 1.95 bits per heavy atom. The van der Waals surface area contributed by atoms with E-state index in [1.807, 2.05) is 13.8 Å². The fourth-order valence-corrected chi connectivity index (χ4v) is 1.42. The monoisotopic (exact) mass is 258 g/mol. The molecule has 3 N–H and O–H groups in total. The molecule has 0 fully saturated rings. The molecule has 0 aromatic carbocycles. The number of nitrogens with zero attached hydrogens (tertiary/aromatic N) is 4. The minimum Gasteiger partial charge on any atom is -0.396 e. The van der Waals surface area contributed by atoms with E-state index >= 15 is 0 Å². The van der Waals surface area contributed by atoms with Gasteiger partial charge in [-0.3, -0.25) is 4.79 Å². The number of anilines is 2. The van der Waals surface area contributed by atoms with Crippen LogP contribution < -0.4 is 11.1 Å². The lowest BCUT2D eigenvalue weighted by atomic mass is 10.2. The number of hydrogen-bond donors (Lipinski definition) is 2. The standard InChI is InChI=1S/C12H14N6O/c1-7(2)11-16-5-9(13)10(18-11)12(19)17-8-3-14-6-15-4-8/h3-7H,13H2,1-2H3,(H,17,19). The highest BCUT2D eigenvalue weighted by Gasteiger charge is 2.15. The summed E-state index contributed by atoms with van der Waals surface area (Å²) in [6.07, 6.45) is 5.81. The first-order chi connectivity index (χ1) is 9.08. The second kappa shape index (κ2) is 5.38. The van der Waals surface area contributed by atoms with Crippen molar-refractivity contribution in [3.63, 3.8) is 0 Å². The molecule has 0 aliphatic carbocycles. The second-order valence-corrected chi connectivity index (χ2v) is 4.27. The summed E-state index contributed by atoms with van der Waals surface area (Å²) in [5.41, 5.74) is 6.60. The van der Waals surface area contributed by atoms with Crippen LogP contribution >= 0.6 is 0 Å². The van der Waals surface area contributed by atoms with E-state index in [0.29, 0.717) is 11.5 Å². The number of carbonyl (C=O) groups is 1. The average molecular weight is 258 g/mol. The third-order valence-electron chi connectivity index (χ3n) is 2.39. The lowest BCUT2D eigenvalue weighted by Crippen LogP contribution is -2.18. The van der Waals surface area contributed by atoms with E-state index in [0.717, 1.165) is 0 Å². The van der Waals surface area contributed by atoms with Gasteiger partial charge in [0.15, 0.2) is 5.69 Å². The van der Waals surface area contributed by atoms with Crippen molar-refractivity contribution < 1.29 is 4.79 Å². The molecule has 7 nitrogen and oxygen atoms in total. The molecule has 0 saturated carbocycles. The van der Waals surface area contributed by atoms with Crippen LogP contribution in [0.15, 0.2) is 24.9 Å². The predicted molar refractivity (Wildman–Crippen MR) is 70.5 cm³/mol. The van der Waals surface area contributed by atoms with Crippen molar-refractivity contribution in [3.05, 3.63) is 36.4 Å². The first-order valence-corrected chi connectivity index (χ1v) is 5.76. The van der Waals surface area contributed by atoms with Crippen molar-refractivity contribution in [2.45, 2.75) is 19.8 Å². The Kier molecular flexibility index (Phi) is 3.65. The van der Waals surface area contributed by atoms with Crippen molar-refractivity contribution >= 4 is 17.3 Å². The Morgan fingerprint density at radius 3 is 2.58 bits per heavy atom. The maximum atomic E-state index is 12.1. The maximum absolute atomic E-state index is 12.1. The fourth-order valence-electron chi connectivity index (χ4n) is 1.42. The largest absolute Gasteiger partial charge is 0.396 e. The van der Waals surface area contributed by atoms with Gasteiger partial charge in [0.2, 0.25) is 0 Å². The molecule has 2 heterocycles. The lowest BCUT2D eigenvalue weighted by molar-refractivity contribution is 0.102. The van der Waals surface area contributed by atoms with Crippen LogP contribution in [0.1, 0.15) is 36.1 Å². The van der Waals surface area contributed by atoms with E-state index < -0.39 is 5.91 Å². The highest BCUT2D eigenvalue weighted by molar-refractivity contribution is 6.05. The number of carbonyl (C=O) groups excluding carboxylic acids is 1. The van der Waals surface area contributed by atoms with Crippen LogP contribution in [0, 0.1) is 0 Å². The summed E-state index contributed by atoms with van der Waals surface area (Å²) >= 11 is 0. The summed E-state index contributed by atoms with van der Waals surface area (Å²) in [5.74, 6) is 0.285. The molecule has 2 aromatic rings. The van der Waals surface area contributed by atoms with Gasteiger partial charge in [0, 0.05) is 5.92 Å². The van der Waals surface area contributed by atoms with Crippen LogP contribution in [-0.2, 0) is 0 Å². The molecule has 0 aliphatic heterocycles. The van der Waals surface area contributed by atoms with E-state index in [4.69, 9.17) is 5.73 Å². The zero-order chi connectivity index (χ0) is 13.8. The number of nitrogens with one attached hydrogen (secondary N) is 1. The van der Waals surface area contributed by atoms with Crippen LogP contribution in [0.4, 0.5) is 11.4 Å².